The fourth-order valence-electron chi connectivity index (χ4n) is 2.78. The smallest absolute Gasteiger partial charge is 0.265 e. The van der Waals surface area contributed by atoms with E-state index in [-0.39, 0.29) is 17.9 Å². The zero-order valence-corrected chi connectivity index (χ0v) is 14.5. The summed E-state index contributed by atoms with van der Waals surface area (Å²) in [5, 5.41) is 19.4. The third-order valence-electron chi connectivity index (χ3n) is 4.11. The van der Waals surface area contributed by atoms with Crippen LogP contribution in [0.2, 0.25) is 0 Å². The largest absolute Gasteiger partial charge is 0.506 e. The number of pyridine rings is 1. The monoisotopic (exact) mass is 360 g/mol. The molecule has 1 heterocycles. The predicted octanol–water partition coefficient (Wildman–Crippen LogP) is 3.04. The minimum Gasteiger partial charge on any atom is -0.506 e. The maximum atomic E-state index is 12.6. The van der Waals surface area contributed by atoms with E-state index in [9.17, 15) is 14.7 Å². The van der Waals surface area contributed by atoms with Crippen molar-refractivity contribution in [2.75, 3.05) is 6.61 Å². The minimum absolute atomic E-state index is 0.0763. The van der Waals surface area contributed by atoms with Crippen molar-refractivity contribution in [3.8, 4) is 17.6 Å². The molecule has 0 saturated carbocycles. The second-order valence-corrected chi connectivity index (χ2v) is 5.82. The van der Waals surface area contributed by atoms with Crippen LogP contribution in [0.1, 0.15) is 15.9 Å². The average Bonchev–Trinajstić information content (AvgIpc) is 2.69. The van der Waals surface area contributed by atoms with Gasteiger partial charge in [-0.15, -0.1) is 0 Å². The Bertz CT molecular complexity index is 1150. The van der Waals surface area contributed by atoms with Crippen LogP contribution in [0.3, 0.4) is 0 Å². The van der Waals surface area contributed by atoms with Crippen molar-refractivity contribution in [1.29, 1.82) is 5.26 Å². The number of ketones is 1. The molecule has 0 aliphatic carbocycles. The number of aromatic hydroxyl groups is 1. The summed E-state index contributed by atoms with van der Waals surface area (Å²) in [7, 11) is 1.56. The molecule has 3 aromatic rings. The molecule has 0 fully saturated rings. The van der Waals surface area contributed by atoms with Crippen molar-refractivity contribution in [1.82, 2.24) is 4.57 Å². The summed E-state index contributed by atoms with van der Waals surface area (Å²) < 4.78 is 6.56. The molecule has 0 bridgehead atoms. The molecule has 0 aliphatic heterocycles. The lowest BCUT2D eigenvalue weighted by molar-refractivity contribution is 0.104. The van der Waals surface area contributed by atoms with Gasteiger partial charge in [-0.3, -0.25) is 9.59 Å². The van der Waals surface area contributed by atoms with Gasteiger partial charge in [-0.05, 0) is 35.9 Å². The van der Waals surface area contributed by atoms with E-state index in [4.69, 9.17) is 10.00 Å². The van der Waals surface area contributed by atoms with Gasteiger partial charge in [0.1, 0.15) is 23.1 Å². The number of nitrogens with zero attached hydrogens (tertiary/aromatic N) is 2. The number of carbonyl (C=O) groups is 1. The third-order valence-corrected chi connectivity index (χ3v) is 4.11. The molecule has 134 valence electrons. The fourth-order valence-corrected chi connectivity index (χ4v) is 2.78. The summed E-state index contributed by atoms with van der Waals surface area (Å²) >= 11 is 0. The summed E-state index contributed by atoms with van der Waals surface area (Å²) in [6, 6.07) is 15.6. The molecule has 0 aliphatic rings. The number of aromatic nitrogens is 1. The highest BCUT2D eigenvalue weighted by Crippen LogP contribution is 2.26. The Morgan fingerprint density at radius 3 is 2.81 bits per heavy atom. The van der Waals surface area contributed by atoms with E-state index >= 15 is 0 Å². The second-order valence-electron chi connectivity index (χ2n) is 5.82. The van der Waals surface area contributed by atoms with Gasteiger partial charge in [-0.25, -0.2) is 0 Å². The number of ether oxygens (including phenoxy) is 1. The molecular formula is C21H16N2O4. The van der Waals surface area contributed by atoms with Gasteiger partial charge in [-0.2, -0.15) is 5.26 Å². The second kappa shape index (κ2) is 7.58. The van der Waals surface area contributed by atoms with Crippen molar-refractivity contribution >= 4 is 22.8 Å². The Kier molecular flexibility index (Phi) is 5.04. The highest BCUT2D eigenvalue weighted by Gasteiger charge is 2.19. The van der Waals surface area contributed by atoms with E-state index in [2.05, 4.69) is 0 Å². The standard InChI is InChI=1S/C21H16N2O4/c1-23-17-8-3-2-7-16(17)20(25)19(21(23)26)18(24)10-9-14-5-4-6-15(13-14)27-12-11-22/h2-10,13,25H,12H2,1H3. The van der Waals surface area contributed by atoms with Gasteiger partial charge >= 0.3 is 0 Å². The SMILES string of the molecule is Cn1c(=O)c(C(=O)C=Cc2cccc(OCC#N)c2)c(O)c2ccccc21. The molecule has 6 heteroatoms. The van der Waals surface area contributed by atoms with E-state index in [1.54, 1.807) is 55.6 Å². The van der Waals surface area contributed by atoms with Crippen LogP contribution in [-0.4, -0.2) is 22.1 Å². The first-order chi connectivity index (χ1) is 13.0. The molecular weight excluding hydrogens is 344 g/mol. The molecule has 0 saturated heterocycles. The normalized spacial score (nSPS) is 10.8. The first-order valence-electron chi connectivity index (χ1n) is 8.16. The van der Waals surface area contributed by atoms with Crippen LogP contribution in [0.5, 0.6) is 11.5 Å². The number of hydrogen-bond donors (Lipinski definition) is 1. The maximum absolute atomic E-state index is 12.6. The third kappa shape index (κ3) is 3.58. The van der Waals surface area contributed by atoms with E-state index in [1.165, 1.54) is 16.7 Å². The van der Waals surface area contributed by atoms with Gasteiger partial charge in [0.25, 0.3) is 5.56 Å². The van der Waals surface area contributed by atoms with Crippen molar-refractivity contribution < 1.29 is 14.6 Å². The van der Waals surface area contributed by atoms with E-state index in [1.807, 2.05) is 6.07 Å². The van der Waals surface area contributed by atoms with Crippen LogP contribution in [0.4, 0.5) is 0 Å². The predicted molar refractivity (Wildman–Crippen MR) is 102 cm³/mol. The van der Waals surface area contributed by atoms with Gasteiger partial charge < -0.3 is 14.4 Å². The van der Waals surface area contributed by atoms with Crippen LogP contribution in [-0.2, 0) is 7.05 Å². The molecule has 6 nitrogen and oxygen atoms in total. The number of aryl methyl sites for hydroxylation is 1. The van der Waals surface area contributed by atoms with Gasteiger partial charge in [0.05, 0.1) is 5.52 Å². The summed E-state index contributed by atoms with van der Waals surface area (Å²) in [5.41, 5.74) is 0.370. The topological polar surface area (TPSA) is 92.3 Å². The van der Waals surface area contributed by atoms with E-state index in [0.717, 1.165) is 0 Å². The molecule has 1 N–H and O–H groups in total. The minimum atomic E-state index is -0.595. The number of benzene rings is 2. The first-order valence-corrected chi connectivity index (χ1v) is 8.16. The first kappa shape index (κ1) is 18.0. The Balaban J connectivity index is 1.97. The lowest BCUT2D eigenvalue weighted by atomic mass is 10.1. The highest BCUT2D eigenvalue weighted by molar-refractivity contribution is 6.11. The molecule has 1 aromatic heterocycles. The van der Waals surface area contributed by atoms with Crippen molar-refractivity contribution in [3.63, 3.8) is 0 Å². The average molecular weight is 360 g/mol. The van der Waals surface area contributed by atoms with Crippen molar-refractivity contribution in [3.05, 3.63) is 76.1 Å². The number of nitriles is 1. The Hall–Kier alpha value is -3.85. The molecule has 0 amide bonds. The van der Waals surface area contributed by atoms with Crippen LogP contribution in [0, 0.1) is 11.3 Å². The fraction of sp³-hybridized carbons (Fsp3) is 0.0952. The van der Waals surface area contributed by atoms with Gasteiger partial charge in [0.2, 0.25) is 0 Å². The molecule has 0 unspecified atom stereocenters. The van der Waals surface area contributed by atoms with Gasteiger partial charge in [-0.1, -0.05) is 30.3 Å². The number of allylic oxidation sites excluding steroid dienone is 1. The molecule has 0 radical (unpaired) electrons. The highest BCUT2D eigenvalue weighted by atomic mass is 16.5. The quantitative estimate of drug-likeness (QED) is 0.558. The lowest BCUT2D eigenvalue weighted by Gasteiger charge is -2.09. The summed E-state index contributed by atoms with van der Waals surface area (Å²) in [6.07, 6.45) is 2.75. The van der Waals surface area contributed by atoms with E-state index < -0.39 is 11.3 Å². The van der Waals surface area contributed by atoms with Crippen LogP contribution < -0.4 is 10.3 Å². The lowest BCUT2D eigenvalue weighted by Crippen LogP contribution is -2.24. The number of rotatable bonds is 5. The molecule has 27 heavy (non-hydrogen) atoms. The summed E-state index contributed by atoms with van der Waals surface area (Å²) in [5.74, 6) is -0.424. The maximum Gasteiger partial charge on any atom is 0.265 e. The Morgan fingerprint density at radius 2 is 2.04 bits per heavy atom. The van der Waals surface area contributed by atoms with Gasteiger partial charge in [0.15, 0.2) is 12.4 Å². The number of para-hydroxylation sites is 1. The van der Waals surface area contributed by atoms with Crippen LogP contribution >= 0.6 is 0 Å². The zero-order valence-electron chi connectivity index (χ0n) is 14.5. The van der Waals surface area contributed by atoms with Crippen molar-refractivity contribution in [2.45, 2.75) is 0 Å². The Morgan fingerprint density at radius 1 is 1.26 bits per heavy atom. The summed E-state index contributed by atoms with van der Waals surface area (Å²) in [4.78, 5) is 25.1. The molecule has 0 spiro atoms. The number of hydrogen-bond acceptors (Lipinski definition) is 5. The molecule has 2 aromatic carbocycles. The van der Waals surface area contributed by atoms with Crippen LogP contribution in [0.25, 0.3) is 17.0 Å². The van der Waals surface area contributed by atoms with Crippen molar-refractivity contribution in [2.24, 2.45) is 7.05 Å². The zero-order chi connectivity index (χ0) is 19.4. The van der Waals surface area contributed by atoms with Gasteiger partial charge in [0, 0.05) is 12.4 Å². The van der Waals surface area contributed by atoms with Crippen LogP contribution in [0.15, 0.2) is 59.4 Å². The Labute approximate surface area is 155 Å². The molecule has 0 atom stereocenters. The van der Waals surface area contributed by atoms with E-state index in [0.29, 0.717) is 22.2 Å². The number of fused-ring (bicyclic) bond motifs is 1. The summed E-state index contributed by atoms with van der Waals surface area (Å²) in [6.45, 7) is -0.0763. The number of carbonyl (C=O) groups excluding carboxylic acids is 1. The molecule has 3 rings (SSSR count).